The average Bonchev–Trinajstić information content (AvgIpc) is 3.18. The molecule has 0 spiro atoms. The molecule has 1 atom stereocenters. The molecule has 1 fully saturated rings. The van der Waals surface area contributed by atoms with E-state index in [-0.39, 0.29) is 18.4 Å². The Kier molecular flexibility index (Phi) is 8.61. The minimum atomic E-state index is -0.530. The number of nitrogens with zero attached hydrogens (tertiary/aromatic N) is 2. The first kappa shape index (κ1) is 27.1. The Morgan fingerprint density at radius 3 is 2.76 bits per heavy atom. The monoisotopic (exact) mass is 520 g/mol. The van der Waals surface area contributed by atoms with Crippen molar-refractivity contribution in [3.05, 3.63) is 42.1 Å². The van der Waals surface area contributed by atoms with Crippen LogP contribution in [0.25, 0.3) is 21.9 Å². The van der Waals surface area contributed by atoms with E-state index in [0.29, 0.717) is 44.9 Å². The van der Waals surface area contributed by atoms with Gasteiger partial charge in [0.15, 0.2) is 0 Å². The van der Waals surface area contributed by atoms with E-state index < -0.39 is 17.7 Å². The van der Waals surface area contributed by atoms with Crippen LogP contribution in [0.15, 0.2) is 36.5 Å². The van der Waals surface area contributed by atoms with Crippen LogP contribution < -0.4 is 10.6 Å². The first-order chi connectivity index (χ1) is 18.2. The number of hydrogen-bond donors (Lipinski definition) is 2. The number of fused-ring (bicyclic) bond motifs is 3. The third-order valence-corrected chi connectivity index (χ3v) is 5.78. The number of aromatic nitrogens is 2. The van der Waals surface area contributed by atoms with Gasteiger partial charge in [-0.05, 0) is 57.5 Å². The molecule has 0 aliphatic carbocycles. The predicted octanol–water partition coefficient (Wildman–Crippen LogP) is 3.08. The van der Waals surface area contributed by atoms with E-state index in [1.165, 1.54) is 0 Å². The van der Waals surface area contributed by atoms with Crippen LogP contribution >= 0.6 is 0 Å². The molecule has 10 heteroatoms. The number of carbonyl (C=O) groups excluding carboxylic acids is 3. The molecule has 0 radical (unpaired) electrons. The van der Waals surface area contributed by atoms with Gasteiger partial charge >= 0.3 is 6.09 Å². The van der Waals surface area contributed by atoms with Gasteiger partial charge < -0.3 is 24.1 Å². The van der Waals surface area contributed by atoms with Gasteiger partial charge in [0.1, 0.15) is 23.9 Å². The summed E-state index contributed by atoms with van der Waals surface area (Å²) >= 11 is 0. The first-order valence-corrected chi connectivity index (χ1v) is 12.6. The lowest BCUT2D eigenvalue weighted by molar-refractivity contribution is -0.135. The van der Waals surface area contributed by atoms with E-state index in [1.807, 2.05) is 55.7 Å². The van der Waals surface area contributed by atoms with Gasteiger partial charge in [0.2, 0.25) is 11.8 Å². The van der Waals surface area contributed by atoms with Crippen molar-refractivity contribution in [2.24, 2.45) is 0 Å². The zero-order valence-electron chi connectivity index (χ0n) is 21.8. The molecule has 3 aromatic rings. The molecule has 2 aromatic heterocycles. The van der Waals surface area contributed by atoms with Crippen molar-refractivity contribution in [1.82, 2.24) is 20.2 Å². The standard InChI is InChI=1S/C28H32N4O6/c1-28(2,3)38-27(35)30-13-15-37-17-16-36-14-5-6-19-8-9-22-21(18-19)20-7-4-12-29-25(20)32(22)23-10-11-24(33)31-26(23)34/h4,7-9,12,18,23H,10-11,13-17H2,1-3H3,(H,30,35)(H,31,33,34). The molecule has 1 saturated heterocycles. The van der Waals surface area contributed by atoms with Crippen LogP contribution in [0.2, 0.25) is 0 Å². The number of imide groups is 1. The zero-order valence-corrected chi connectivity index (χ0v) is 21.8. The number of ether oxygens (including phenoxy) is 3. The highest BCUT2D eigenvalue weighted by molar-refractivity contribution is 6.09. The SMILES string of the molecule is CC(C)(C)OC(=O)NCCOCCOCC#Cc1ccc2c(c1)c1cccnc1n2C1CCC(=O)NC1=O. The molecule has 1 aliphatic heterocycles. The Labute approximate surface area is 221 Å². The Bertz CT molecular complexity index is 1400. The smallest absolute Gasteiger partial charge is 0.407 e. The number of carbonyl (C=O) groups is 3. The summed E-state index contributed by atoms with van der Waals surface area (Å²) in [5, 5.41) is 6.93. The summed E-state index contributed by atoms with van der Waals surface area (Å²) in [4.78, 5) is 40.3. The van der Waals surface area contributed by atoms with Crippen LogP contribution in [0.1, 0.15) is 45.2 Å². The fraction of sp³-hybridized carbons (Fsp3) is 0.429. The molecule has 1 aliphatic rings. The van der Waals surface area contributed by atoms with Crippen LogP contribution in [0.4, 0.5) is 4.79 Å². The molecule has 0 bridgehead atoms. The summed E-state index contributed by atoms with van der Waals surface area (Å²) in [6.07, 6.45) is 1.95. The van der Waals surface area contributed by atoms with Crippen LogP contribution in [0, 0.1) is 11.8 Å². The lowest BCUT2D eigenvalue weighted by Crippen LogP contribution is -2.41. The van der Waals surface area contributed by atoms with Crippen LogP contribution in [0.3, 0.4) is 0 Å². The van der Waals surface area contributed by atoms with E-state index in [1.54, 1.807) is 6.20 Å². The van der Waals surface area contributed by atoms with Crippen molar-refractivity contribution in [2.45, 2.75) is 45.3 Å². The van der Waals surface area contributed by atoms with Crippen molar-refractivity contribution in [1.29, 1.82) is 0 Å². The number of amides is 3. The summed E-state index contributed by atoms with van der Waals surface area (Å²) in [7, 11) is 0. The molecule has 0 saturated carbocycles. The number of nitrogens with one attached hydrogen (secondary N) is 2. The third-order valence-electron chi connectivity index (χ3n) is 5.78. The van der Waals surface area contributed by atoms with Crippen molar-refractivity contribution in [3.63, 3.8) is 0 Å². The number of pyridine rings is 1. The quantitative estimate of drug-likeness (QED) is 0.266. The van der Waals surface area contributed by atoms with Crippen molar-refractivity contribution in [3.8, 4) is 11.8 Å². The largest absolute Gasteiger partial charge is 0.444 e. The minimum Gasteiger partial charge on any atom is -0.444 e. The second-order valence-electron chi connectivity index (χ2n) is 9.84. The number of piperidine rings is 1. The molecule has 2 N–H and O–H groups in total. The van der Waals surface area contributed by atoms with Crippen LogP contribution in [-0.2, 0) is 23.8 Å². The summed E-state index contributed by atoms with van der Waals surface area (Å²) < 4.78 is 18.0. The summed E-state index contributed by atoms with van der Waals surface area (Å²) in [6, 6.07) is 9.15. The Balaban J connectivity index is 1.30. The van der Waals surface area contributed by atoms with E-state index in [4.69, 9.17) is 14.2 Å². The van der Waals surface area contributed by atoms with E-state index in [2.05, 4.69) is 27.5 Å². The molecule has 200 valence electrons. The van der Waals surface area contributed by atoms with Gasteiger partial charge in [0.25, 0.3) is 0 Å². The summed E-state index contributed by atoms with van der Waals surface area (Å²) in [5.41, 5.74) is 1.86. The van der Waals surface area contributed by atoms with Gasteiger partial charge in [0.05, 0.1) is 25.3 Å². The van der Waals surface area contributed by atoms with Crippen LogP contribution in [0.5, 0.6) is 0 Å². The third kappa shape index (κ3) is 6.88. The number of hydrogen-bond acceptors (Lipinski definition) is 7. The topological polar surface area (TPSA) is 121 Å². The number of benzene rings is 1. The highest BCUT2D eigenvalue weighted by atomic mass is 16.6. The van der Waals surface area contributed by atoms with Gasteiger partial charge in [-0.15, -0.1) is 0 Å². The fourth-order valence-electron chi connectivity index (χ4n) is 4.22. The van der Waals surface area contributed by atoms with Crippen molar-refractivity contribution >= 4 is 39.8 Å². The van der Waals surface area contributed by atoms with E-state index >= 15 is 0 Å². The van der Waals surface area contributed by atoms with Crippen molar-refractivity contribution in [2.75, 3.05) is 33.0 Å². The highest BCUT2D eigenvalue weighted by Gasteiger charge is 2.30. The van der Waals surface area contributed by atoms with Crippen molar-refractivity contribution < 1.29 is 28.6 Å². The second kappa shape index (κ2) is 12.1. The number of alkyl carbamates (subject to hydrolysis) is 1. The van der Waals surface area contributed by atoms with E-state index in [9.17, 15) is 14.4 Å². The maximum absolute atomic E-state index is 12.6. The fourth-order valence-corrected chi connectivity index (χ4v) is 4.22. The lowest BCUT2D eigenvalue weighted by Gasteiger charge is -2.23. The molecule has 1 aromatic carbocycles. The Morgan fingerprint density at radius 1 is 1.16 bits per heavy atom. The zero-order chi connectivity index (χ0) is 27.1. The lowest BCUT2D eigenvalue weighted by atomic mass is 10.1. The molecular weight excluding hydrogens is 488 g/mol. The molecule has 1 unspecified atom stereocenters. The second-order valence-corrected chi connectivity index (χ2v) is 9.84. The van der Waals surface area contributed by atoms with Crippen LogP contribution in [-0.4, -0.2) is 66.0 Å². The molecular formula is C28H32N4O6. The highest BCUT2D eigenvalue weighted by Crippen LogP contribution is 2.33. The molecule has 3 heterocycles. The molecule has 4 rings (SSSR count). The average molecular weight is 521 g/mol. The van der Waals surface area contributed by atoms with Gasteiger partial charge in [-0.2, -0.15) is 0 Å². The molecule has 3 amide bonds. The normalized spacial score (nSPS) is 15.7. The van der Waals surface area contributed by atoms with Gasteiger partial charge in [-0.3, -0.25) is 14.9 Å². The summed E-state index contributed by atoms with van der Waals surface area (Å²) in [5.74, 6) is 5.57. The molecule has 38 heavy (non-hydrogen) atoms. The van der Waals surface area contributed by atoms with E-state index in [0.717, 1.165) is 21.9 Å². The van der Waals surface area contributed by atoms with Gasteiger partial charge in [-0.1, -0.05) is 11.8 Å². The Morgan fingerprint density at radius 2 is 1.97 bits per heavy atom. The maximum Gasteiger partial charge on any atom is 0.407 e. The van der Waals surface area contributed by atoms with Gasteiger partial charge in [-0.25, -0.2) is 9.78 Å². The predicted molar refractivity (Wildman–Crippen MR) is 141 cm³/mol. The maximum atomic E-state index is 12.6. The molecule has 10 nitrogen and oxygen atoms in total. The first-order valence-electron chi connectivity index (χ1n) is 12.6. The minimum absolute atomic E-state index is 0.247. The Hall–Kier alpha value is -3.94. The summed E-state index contributed by atoms with van der Waals surface area (Å²) in [6.45, 7) is 7.15. The number of rotatable bonds is 8. The van der Waals surface area contributed by atoms with Gasteiger partial charge in [0, 0.05) is 35.5 Å².